The minimum atomic E-state index is -0.459. The van der Waals surface area contributed by atoms with Gasteiger partial charge < -0.3 is 14.8 Å². The van der Waals surface area contributed by atoms with Crippen LogP contribution in [0.5, 0.6) is 11.5 Å². The van der Waals surface area contributed by atoms with Crippen molar-refractivity contribution in [1.29, 1.82) is 5.26 Å². The van der Waals surface area contributed by atoms with Crippen molar-refractivity contribution < 1.29 is 14.3 Å². The number of amides is 1. The second kappa shape index (κ2) is 10.0. The molecule has 0 heterocycles. The highest BCUT2D eigenvalue weighted by Gasteiger charge is 2.10. The minimum Gasteiger partial charge on any atom is -0.493 e. The number of nitrogens with one attached hydrogen (secondary N) is 1. The van der Waals surface area contributed by atoms with E-state index >= 15 is 0 Å². The molecular weight excluding hydrogens is 364 g/mol. The molecule has 138 valence electrons. The molecule has 2 aromatic carbocycles. The first-order chi connectivity index (χ1) is 13.1. The molecule has 0 aliphatic carbocycles. The van der Waals surface area contributed by atoms with E-state index < -0.39 is 5.91 Å². The number of carbonyl (C=O) groups is 1. The van der Waals surface area contributed by atoms with Crippen molar-refractivity contribution in [2.75, 3.05) is 13.7 Å². The van der Waals surface area contributed by atoms with Crippen LogP contribution in [0.4, 0.5) is 0 Å². The van der Waals surface area contributed by atoms with Crippen LogP contribution in [0, 0.1) is 11.3 Å². The molecule has 0 fully saturated rings. The maximum Gasteiger partial charge on any atom is 0.262 e. The first-order valence-electron chi connectivity index (χ1n) is 8.13. The fourth-order valence-corrected chi connectivity index (χ4v) is 2.34. The molecule has 0 unspecified atom stereocenters. The molecule has 0 aromatic heterocycles. The number of benzene rings is 2. The Morgan fingerprint density at radius 3 is 2.63 bits per heavy atom. The van der Waals surface area contributed by atoms with Crippen molar-refractivity contribution >= 4 is 23.6 Å². The minimum absolute atomic E-state index is 0.00580. The Hall–Kier alpha value is -3.23. The molecule has 27 heavy (non-hydrogen) atoms. The largest absolute Gasteiger partial charge is 0.493 e. The summed E-state index contributed by atoms with van der Waals surface area (Å²) in [5.74, 6) is 0.597. The van der Waals surface area contributed by atoms with Gasteiger partial charge in [0.1, 0.15) is 18.2 Å². The second-order valence-electron chi connectivity index (χ2n) is 5.49. The standard InChI is InChI=1S/C21H19ClN2O3/c1-3-10-24-21(25)17(13-23)11-16-6-9-19(20(12-16)26-2)27-14-15-4-7-18(22)8-5-15/h3-9,11-12H,1,10,14H2,2H3,(H,24,25)/b17-11+. The molecule has 0 aliphatic heterocycles. The van der Waals surface area contributed by atoms with E-state index in [1.54, 1.807) is 36.4 Å². The maximum atomic E-state index is 11.9. The van der Waals surface area contributed by atoms with Crippen molar-refractivity contribution in [2.24, 2.45) is 0 Å². The normalized spacial score (nSPS) is 10.6. The molecule has 0 radical (unpaired) electrons. The lowest BCUT2D eigenvalue weighted by Gasteiger charge is -2.11. The fraction of sp³-hybridized carbons (Fsp3) is 0.143. The lowest BCUT2D eigenvalue weighted by molar-refractivity contribution is -0.116. The molecule has 0 aliphatic rings. The van der Waals surface area contributed by atoms with Gasteiger partial charge in [-0.1, -0.05) is 35.9 Å². The Kier molecular flexibility index (Phi) is 7.48. The monoisotopic (exact) mass is 382 g/mol. The van der Waals surface area contributed by atoms with E-state index in [0.29, 0.717) is 35.2 Å². The number of hydrogen-bond acceptors (Lipinski definition) is 4. The number of nitrogens with zero attached hydrogens (tertiary/aromatic N) is 1. The van der Waals surface area contributed by atoms with Crippen LogP contribution in [0.25, 0.3) is 6.08 Å². The smallest absolute Gasteiger partial charge is 0.262 e. The number of methoxy groups -OCH3 is 1. The van der Waals surface area contributed by atoms with E-state index in [9.17, 15) is 10.1 Å². The van der Waals surface area contributed by atoms with E-state index in [-0.39, 0.29) is 5.57 Å². The third kappa shape index (κ3) is 5.91. The molecule has 0 atom stereocenters. The zero-order valence-corrected chi connectivity index (χ0v) is 15.6. The van der Waals surface area contributed by atoms with Crippen LogP contribution in [0.3, 0.4) is 0 Å². The van der Waals surface area contributed by atoms with Crippen LogP contribution in [0.15, 0.2) is 60.7 Å². The van der Waals surface area contributed by atoms with Gasteiger partial charge in [0.15, 0.2) is 11.5 Å². The van der Waals surface area contributed by atoms with Crippen molar-refractivity contribution in [3.05, 3.63) is 76.8 Å². The Bertz CT molecular complexity index is 883. The van der Waals surface area contributed by atoms with Crippen LogP contribution in [0.1, 0.15) is 11.1 Å². The summed E-state index contributed by atoms with van der Waals surface area (Å²) in [6.07, 6.45) is 3.03. The summed E-state index contributed by atoms with van der Waals surface area (Å²) in [6, 6.07) is 14.4. The Morgan fingerprint density at radius 2 is 2.00 bits per heavy atom. The molecule has 1 N–H and O–H groups in total. The van der Waals surface area contributed by atoms with Gasteiger partial charge in [-0.15, -0.1) is 6.58 Å². The maximum absolute atomic E-state index is 11.9. The highest BCUT2D eigenvalue weighted by Crippen LogP contribution is 2.29. The predicted octanol–water partition coefficient (Wildman–Crippen LogP) is 4.14. The summed E-state index contributed by atoms with van der Waals surface area (Å²) in [5, 5.41) is 12.4. The third-order valence-electron chi connectivity index (χ3n) is 3.58. The van der Waals surface area contributed by atoms with Gasteiger partial charge in [-0.25, -0.2) is 0 Å². The van der Waals surface area contributed by atoms with Gasteiger partial charge >= 0.3 is 0 Å². The summed E-state index contributed by atoms with van der Waals surface area (Å²) in [4.78, 5) is 11.9. The van der Waals surface area contributed by atoms with Crippen molar-refractivity contribution in [2.45, 2.75) is 6.61 Å². The van der Waals surface area contributed by atoms with Crippen molar-refractivity contribution in [3.63, 3.8) is 0 Å². The molecule has 2 rings (SSSR count). The number of hydrogen-bond donors (Lipinski definition) is 1. The van der Waals surface area contributed by atoms with Gasteiger partial charge in [-0.3, -0.25) is 4.79 Å². The summed E-state index contributed by atoms with van der Waals surface area (Å²) < 4.78 is 11.2. The van der Waals surface area contributed by atoms with E-state index in [2.05, 4.69) is 11.9 Å². The summed E-state index contributed by atoms with van der Waals surface area (Å²) in [6.45, 7) is 4.17. The number of ether oxygens (including phenoxy) is 2. The van der Waals surface area contributed by atoms with Crippen molar-refractivity contribution in [3.8, 4) is 17.6 Å². The highest BCUT2D eigenvalue weighted by molar-refractivity contribution is 6.30. The molecule has 6 heteroatoms. The quantitative estimate of drug-likeness (QED) is 0.423. The van der Waals surface area contributed by atoms with Gasteiger partial charge in [0.05, 0.1) is 7.11 Å². The summed E-state index contributed by atoms with van der Waals surface area (Å²) in [7, 11) is 1.53. The van der Waals surface area contributed by atoms with Gasteiger partial charge in [-0.05, 0) is 41.5 Å². The molecule has 0 spiro atoms. The first kappa shape index (κ1) is 20.1. The van der Waals surface area contributed by atoms with Crippen LogP contribution in [-0.2, 0) is 11.4 Å². The Labute approximate surface area is 163 Å². The SMILES string of the molecule is C=CCNC(=O)/C(C#N)=C/c1ccc(OCc2ccc(Cl)cc2)c(OC)c1. The molecule has 0 bridgehead atoms. The van der Waals surface area contributed by atoms with E-state index in [0.717, 1.165) is 5.56 Å². The van der Waals surface area contributed by atoms with E-state index in [1.165, 1.54) is 13.2 Å². The van der Waals surface area contributed by atoms with E-state index in [1.807, 2.05) is 18.2 Å². The zero-order chi connectivity index (χ0) is 19.6. The van der Waals surface area contributed by atoms with Crippen LogP contribution in [0.2, 0.25) is 5.02 Å². The predicted molar refractivity (Wildman–Crippen MR) is 106 cm³/mol. The van der Waals surface area contributed by atoms with Crippen LogP contribution < -0.4 is 14.8 Å². The number of halogens is 1. The average Bonchev–Trinajstić information content (AvgIpc) is 2.70. The van der Waals surface area contributed by atoms with Gasteiger partial charge in [0, 0.05) is 11.6 Å². The topological polar surface area (TPSA) is 71.4 Å². The fourth-order valence-electron chi connectivity index (χ4n) is 2.21. The van der Waals surface area contributed by atoms with Gasteiger partial charge in [0.2, 0.25) is 0 Å². The van der Waals surface area contributed by atoms with Crippen LogP contribution >= 0.6 is 11.6 Å². The molecule has 0 saturated carbocycles. The van der Waals surface area contributed by atoms with Crippen LogP contribution in [-0.4, -0.2) is 19.6 Å². The highest BCUT2D eigenvalue weighted by atomic mass is 35.5. The second-order valence-corrected chi connectivity index (χ2v) is 5.93. The Balaban J connectivity index is 2.15. The van der Waals surface area contributed by atoms with E-state index in [4.69, 9.17) is 21.1 Å². The van der Waals surface area contributed by atoms with Crippen molar-refractivity contribution in [1.82, 2.24) is 5.32 Å². The number of rotatable bonds is 8. The third-order valence-corrected chi connectivity index (χ3v) is 3.83. The average molecular weight is 383 g/mol. The molecule has 0 saturated heterocycles. The first-order valence-corrected chi connectivity index (χ1v) is 8.51. The molecule has 5 nitrogen and oxygen atoms in total. The number of carbonyl (C=O) groups excluding carboxylic acids is 1. The zero-order valence-electron chi connectivity index (χ0n) is 14.9. The summed E-state index contributed by atoms with van der Waals surface area (Å²) >= 11 is 5.88. The van der Waals surface area contributed by atoms with Gasteiger partial charge in [-0.2, -0.15) is 5.26 Å². The molecular formula is C21H19ClN2O3. The summed E-state index contributed by atoms with van der Waals surface area (Å²) in [5.41, 5.74) is 1.61. The lowest BCUT2D eigenvalue weighted by atomic mass is 10.1. The lowest BCUT2D eigenvalue weighted by Crippen LogP contribution is -2.24. The Morgan fingerprint density at radius 1 is 1.26 bits per heavy atom. The molecule has 2 aromatic rings. The molecule has 1 amide bonds. The number of nitriles is 1. The van der Waals surface area contributed by atoms with Gasteiger partial charge in [0.25, 0.3) is 5.91 Å².